The van der Waals surface area contributed by atoms with Gasteiger partial charge >= 0.3 is 0 Å². The van der Waals surface area contributed by atoms with Crippen molar-refractivity contribution < 1.29 is 9.21 Å². The highest BCUT2D eigenvalue weighted by Crippen LogP contribution is 2.24. The third-order valence-electron chi connectivity index (χ3n) is 4.09. The van der Waals surface area contributed by atoms with E-state index in [0.29, 0.717) is 11.7 Å². The van der Waals surface area contributed by atoms with Gasteiger partial charge in [0, 0.05) is 22.5 Å². The molecule has 0 atom stereocenters. The summed E-state index contributed by atoms with van der Waals surface area (Å²) in [5, 5.41) is 6.21. The third-order valence-corrected chi connectivity index (χ3v) is 4.09. The van der Waals surface area contributed by atoms with E-state index in [4.69, 9.17) is 4.42 Å². The van der Waals surface area contributed by atoms with Crippen LogP contribution in [0.15, 0.2) is 59.0 Å². The first kappa shape index (κ1) is 18.7. The summed E-state index contributed by atoms with van der Waals surface area (Å²) in [5.74, 6) is 1.14. The van der Waals surface area contributed by atoms with Gasteiger partial charge in [-0.15, -0.1) is 0 Å². The lowest BCUT2D eigenvalue weighted by Gasteiger charge is -2.12. The number of aromatic nitrogens is 1. The molecular weight excluding hydrogens is 338 g/mol. The number of carbonyl (C=O) groups is 1. The van der Waals surface area contributed by atoms with Crippen LogP contribution in [0.5, 0.6) is 0 Å². The van der Waals surface area contributed by atoms with Crippen molar-refractivity contribution in [3.63, 3.8) is 0 Å². The first-order valence-electron chi connectivity index (χ1n) is 9.00. The molecule has 1 heterocycles. The van der Waals surface area contributed by atoms with Crippen molar-refractivity contribution in [2.45, 2.75) is 39.5 Å². The number of carbonyl (C=O) groups excluding carboxylic acids is 1. The molecule has 0 fully saturated rings. The van der Waals surface area contributed by atoms with E-state index in [2.05, 4.69) is 15.6 Å². The molecule has 0 aliphatic carbocycles. The van der Waals surface area contributed by atoms with Gasteiger partial charge in [0.05, 0.1) is 12.1 Å². The zero-order chi connectivity index (χ0) is 19.4. The lowest BCUT2D eigenvalue weighted by atomic mass is 9.97. The van der Waals surface area contributed by atoms with Crippen LogP contribution in [0.3, 0.4) is 0 Å². The van der Waals surface area contributed by atoms with Crippen molar-refractivity contribution in [1.29, 1.82) is 0 Å². The summed E-state index contributed by atoms with van der Waals surface area (Å²) in [6, 6.07) is 17.5. The van der Waals surface area contributed by atoms with Crippen LogP contribution < -0.4 is 10.6 Å². The SMILES string of the molecule is Cc1nc(C(C)(C)C)oc1CC(=O)Nc1ccc(Nc2ccccc2)cc1. The molecule has 0 bridgehead atoms. The first-order chi connectivity index (χ1) is 12.8. The molecule has 0 unspecified atom stereocenters. The topological polar surface area (TPSA) is 67.2 Å². The largest absolute Gasteiger partial charge is 0.444 e. The Hall–Kier alpha value is -3.08. The molecule has 1 aromatic heterocycles. The minimum absolute atomic E-state index is 0.126. The molecule has 140 valence electrons. The van der Waals surface area contributed by atoms with Crippen LogP contribution in [0.2, 0.25) is 0 Å². The predicted octanol–water partition coefficient (Wildman–Crippen LogP) is 5.21. The van der Waals surface area contributed by atoms with Crippen LogP contribution in [0.1, 0.15) is 38.1 Å². The smallest absolute Gasteiger partial charge is 0.232 e. The summed E-state index contributed by atoms with van der Waals surface area (Å²) in [5.41, 5.74) is 3.30. The molecule has 5 nitrogen and oxygen atoms in total. The fourth-order valence-corrected chi connectivity index (χ4v) is 2.59. The molecule has 0 radical (unpaired) electrons. The van der Waals surface area contributed by atoms with E-state index in [-0.39, 0.29) is 17.7 Å². The maximum atomic E-state index is 12.4. The molecule has 3 rings (SSSR count). The number of anilines is 3. The standard InChI is InChI=1S/C22H25N3O2/c1-15-19(27-21(23-15)22(2,3)4)14-20(26)25-18-12-10-17(11-13-18)24-16-8-6-5-7-9-16/h5-13,24H,14H2,1-4H3,(H,25,26). The number of oxazole rings is 1. The lowest BCUT2D eigenvalue weighted by Crippen LogP contribution is -2.14. The number of rotatable bonds is 5. The highest BCUT2D eigenvalue weighted by Gasteiger charge is 2.23. The fourth-order valence-electron chi connectivity index (χ4n) is 2.59. The zero-order valence-electron chi connectivity index (χ0n) is 16.2. The highest BCUT2D eigenvalue weighted by atomic mass is 16.4. The second-order valence-electron chi connectivity index (χ2n) is 7.57. The second kappa shape index (κ2) is 7.66. The number of para-hydroxylation sites is 1. The summed E-state index contributed by atoms with van der Waals surface area (Å²) in [6.45, 7) is 7.97. The quantitative estimate of drug-likeness (QED) is 0.653. The summed E-state index contributed by atoms with van der Waals surface area (Å²) in [6.07, 6.45) is 0.166. The average Bonchev–Trinajstić information content (AvgIpc) is 2.98. The van der Waals surface area contributed by atoms with E-state index in [0.717, 1.165) is 22.8 Å². The maximum Gasteiger partial charge on any atom is 0.232 e. The van der Waals surface area contributed by atoms with Crippen molar-refractivity contribution in [2.75, 3.05) is 10.6 Å². The average molecular weight is 363 g/mol. The summed E-state index contributed by atoms with van der Waals surface area (Å²) >= 11 is 0. The molecule has 3 aromatic rings. The third kappa shape index (κ3) is 4.97. The van der Waals surface area contributed by atoms with Crippen molar-refractivity contribution in [3.05, 3.63) is 71.9 Å². The van der Waals surface area contributed by atoms with Gasteiger partial charge in [-0.3, -0.25) is 4.79 Å². The van der Waals surface area contributed by atoms with Gasteiger partial charge in [-0.05, 0) is 43.3 Å². The van der Waals surface area contributed by atoms with Crippen LogP contribution in [0.25, 0.3) is 0 Å². The Bertz CT molecular complexity index is 907. The lowest BCUT2D eigenvalue weighted by molar-refractivity contribution is -0.115. The summed E-state index contributed by atoms with van der Waals surface area (Å²) < 4.78 is 5.79. The number of hydrogen-bond acceptors (Lipinski definition) is 4. The summed E-state index contributed by atoms with van der Waals surface area (Å²) in [4.78, 5) is 16.8. The van der Waals surface area contributed by atoms with E-state index >= 15 is 0 Å². The Morgan fingerprint density at radius 3 is 2.15 bits per heavy atom. The normalized spacial score (nSPS) is 11.3. The Kier molecular flexibility index (Phi) is 5.31. The number of aryl methyl sites for hydroxylation is 1. The molecule has 2 aromatic carbocycles. The maximum absolute atomic E-state index is 12.4. The van der Waals surface area contributed by atoms with Crippen molar-refractivity contribution in [2.24, 2.45) is 0 Å². The Morgan fingerprint density at radius 2 is 1.56 bits per heavy atom. The molecular formula is C22H25N3O2. The van der Waals surface area contributed by atoms with Gasteiger partial charge < -0.3 is 15.1 Å². The number of hydrogen-bond donors (Lipinski definition) is 2. The zero-order valence-corrected chi connectivity index (χ0v) is 16.2. The first-order valence-corrected chi connectivity index (χ1v) is 9.00. The van der Waals surface area contributed by atoms with Crippen LogP contribution in [0, 0.1) is 6.92 Å². The van der Waals surface area contributed by atoms with Crippen molar-refractivity contribution in [3.8, 4) is 0 Å². The molecule has 0 spiro atoms. The number of nitrogens with zero attached hydrogens (tertiary/aromatic N) is 1. The van der Waals surface area contributed by atoms with Crippen LogP contribution in [-0.2, 0) is 16.6 Å². The Balaban J connectivity index is 1.60. The molecule has 0 aliphatic rings. The van der Waals surface area contributed by atoms with Gasteiger partial charge in [0.25, 0.3) is 0 Å². The van der Waals surface area contributed by atoms with E-state index in [1.165, 1.54) is 0 Å². The van der Waals surface area contributed by atoms with E-state index in [9.17, 15) is 4.79 Å². The summed E-state index contributed by atoms with van der Waals surface area (Å²) in [7, 11) is 0. The minimum atomic E-state index is -0.179. The molecule has 5 heteroatoms. The van der Waals surface area contributed by atoms with Gasteiger partial charge in [-0.25, -0.2) is 4.98 Å². The predicted molar refractivity (Wildman–Crippen MR) is 108 cm³/mol. The van der Waals surface area contributed by atoms with Crippen LogP contribution >= 0.6 is 0 Å². The van der Waals surface area contributed by atoms with E-state index in [1.54, 1.807) is 0 Å². The molecule has 1 amide bonds. The number of nitrogens with one attached hydrogen (secondary N) is 2. The van der Waals surface area contributed by atoms with E-state index in [1.807, 2.05) is 82.3 Å². The van der Waals surface area contributed by atoms with Crippen LogP contribution in [-0.4, -0.2) is 10.9 Å². The number of benzene rings is 2. The van der Waals surface area contributed by atoms with Crippen molar-refractivity contribution in [1.82, 2.24) is 4.98 Å². The molecule has 0 saturated carbocycles. The molecule has 2 N–H and O–H groups in total. The minimum Gasteiger partial charge on any atom is -0.444 e. The fraction of sp³-hybridized carbons (Fsp3) is 0.273. The van der Waals surface area contributed by atoms with Gasteiger partial charge in [0.15, 0.2) is 5.89 Å². The van der Waals surface area contributed by atoms with Gasteiger partial charge in [-0.1, -0.05) is 39.0 Å². The molecule has 0 saturated heterocycles. The van der Waals surface area contributed by atoms with Gasteiger partial charge in [0.1, 0.15) is 5.76 Å². The Labute approximate surface area is 159 Å². The van der Waals surface area contributed by atoms with Crippen molar-refractivity contribution >= 4 is 23.0 Å². The molecule has 0 aliphatic heterocycles. The monoisotopic (exact) mass is 363 g/mol. The number of amides is 1. The Morgan fingerprint density at radius 1 is 0.963 bits per heavy atom. The molecule has 27 heavy (non-hydrogen) atoms. The highest BCUT2D eigenvalue weighted by molar-refractivity contribution is 5.92. The van der Waals surface area contributed by atoms with Gasteiger partial charge in [0.2, 0.25) is 5.91 Å². The second-order valence-corrected chi connectivity index (χ2v) is 7.57. The van der Waals surface area contributed by atoms with Gasteiger partial charge in [-0.2, -0.15) is 0 Å². The van der Waals surface area contributed by atoms with Crippen LogP contribution in [0.4, 0.5) is 17.1 Å². The van der Waals surface area contributed by atoms with E-state index < -0.39 is 0 Å².